The van der Waals surface area contributed by atoms with Crippen LogP contribution in [-0.2, 0) is 6.54 Å². The summed E-state index contributed by atoms with van der Waals surface area (Å²) in [6.45, 7) is 6.50. The number of thiocarbonyl (C=S) groups is 1. The lowest BCUT2D eigenvalue weighted by Crippen LogP contribution is -2.25. The SMILES string of the molecule is Cc1nc(CN(C)c2nnc(C)c(C)c2C(N)=S)cs1. The molecule has 0 aromatic carbocycles. The van der Waals surface area contributed by atoms with Gasteiger partial charge in [-0.3, -0.25) is 0 Å². The van der Waals surface area contributed by atoms with Crippen LogP contribution < -0.4 is 10.6 Å². The normalized spacial score (nSPS) is 10.6. The average Bonchev–Trinajstić information content (AvgIpc) is 2.77. The fourth-order valence-electron chi connectivity index (χ4n) is 1.96. The van der Waals surface area contributed by atoms with Gasteiger partial charge in [0.05, 0.1) is 28.5 Å². The number of anilines is 1. The largest absolute Gasteiger partial charge is 0.389 e. The van der Waals surface area contributed by atoms with E-state index in [4.69, 9.17) is 18.0 Å². The molecule has 106 valence electrons. The molecule has 0 radical (unpaired) electrons. The van der Waals surface area contributed by atoms with E-state index >= 15 is 0 Å². The van der Waals surface area contributed by atoms with Gasteiger partial charge in [-0.2, -0.15) is 5.10 Å². The highest BCUT2D eigenvalue weighted by atomic mass is 32.1. The van der Waals surface area contributed by atoms with Gasteiger partial charge in [0.15, 0.2) is 5.82 Å². The third kappa shape index (κ3) is 2.94. The second kappa shape index (κ2) is 5.80. The fraction of sp³-hybridized carbons (Fsp3) is 0.385. The van der Waals surface area contributed by atoms with Crippen LogP contribution in [0.3, 0.4) is 0 Å². The molecule has 5 nitrogen and oxygen atoms in total. The zero-order valence-corrected chi connectivity index (χ0v) is 13.6. The van der Waals surface area contributed by atoms with Gasteiger partial charge in [0.25, 0.3) is 0 Å². The summed E-state index contributed by atoms with van der Waals surface area (Å²) in [6.07, 6.45) is 0. The van der Waals surface area contributed by atoms with Crippen LogP contribution in [0.1, 0.15) is 27.5 Å². The number of aryl methyl sites for hydroxylation is 2. The first-order valence-corrected chi connectivity index (χ1v) is 7.44. The number of nitrogens with zero attached hydrogens (tertiary/aromatic N) is 4. The van der Waals surface area contributed by atoms with Gasteiger partial charge in [0.1, 0.15) is 4.99 Å². The molecule has 0 amide bonds. The van der Waals surface area contributed by atoms with E-state index in [0.717, 1.165) is 27.5 Å². The van der Waals surface area contributed by atoms with E-state index in [9.17, 15) is 0 Å². The predicted octanol–water partition coefficient (Wildman–Crippen LogP) is 2.13. The number of thiazole rings is 1. The third-order valence-electron chi connectivity index (χ3n) is 3.11. The van der Waals surface area contributed by atoms with Gasteiger partial charge in [-0.25, -0.2) is 4.98 Å². The van der Waals surface area contributed by atoms with Gasteiger partial charge in [-0.15, -0.1) is 16.4 Å². The lowest BCUT2D eigenvalue weighted by molar-refractivity contribution is 0.832. The summed E-state index contributed by atoms with van der Waals surface area (Å²) in [4.78, 5) is 6.77. The Bertz CT molecular complexity index is 650. The van der Waals surface area contributed by atoms with Crippen LogP contribution in [-0.4, -0.2) is 27.2 Å². The Morgan fingerprint density at radius 1 is 1.35 bits per heavy atom. The van der Waals surface area contributed by atoms with Crippen LogP contribution in [0.25, 0.3) is 0 Å². The Balaban J connectivity index is 2.36. The summed E-state index contributed by atoms with van der Waals surface area (Å²) in [6, 6.07) is 0. The first-order valence-electron chi connectivity index (χ1n) is 6.16. The van der Waals surface area contributed by atoms with E-state index in [1.54, 1.807) is 11.3 Å². The standard InChI is InChI=1S/C13H17N5S2/c1-7-8(2)16-17-13(11(7)12(14)19)18(4)5-10-6-20-9(3)15-10/h6H,5H2,1-4H3,(H2,14,19). The zero-order chi connectivity index (χ0) is 14.9. The van der Waals surface area contributed by atoms with Crippen molar-refractivity contribution in [2.75, 3.05) is 11.9 Å². The molecule has 0 saturated carbocycles. The second-order valence-electron chi connectivity index (χ2n) is 4.69. The molecule has 0 fully saturated rings. The molecule has 0 atom stereocenters. The zero-order valence-electron chi connectivity index (χ0n) is 12.0. The van der Waals surface area contributed by atoms with Crippen LogP contribution in [0.15, 0.2) is 5.38 Å². The molecule has 0 unspecified atom stereocenters. The Kier molecular flexibility index (Phi) is 4.29. The number of rotatable bonds is 4. The lowest BCUT2D eigenvalue weighted by atomic mass is 10.1. The fourth-order valence-corrected chi connectivity index (χ4v) is 2.81. The summed E-state index contributed by atoms with van der Waals surface area (Å²) >= 11 is 6.79. The minimum absolute atomic E-state index is 0.344. The maximum atomic E-state index is 5.84. The molecule has 20 heavy (non-hydrogen) atoms. The maximum Gasteiger partial charge on any atom is 0.161 e. The highest BCUT2D eigenvalue weighted by Gasteiger charge is 2.17. The molecular weight excluding hydrogens is 290 g/mol. The van der Waals surface area contributed by atoms with Crippen LogP contribution in [0.4, 0.5) is 5.82 Å². The van der Waals surface area contributed by atoms with Crippen molar-refractivity contribution in [3.8, 4) is 0 Å². The van der Waals surface area contributed by atoms with Crippen molar-refractivity contribution in [3.05, 3.63) is 32.9 Å². The van der Waals surface area contributed by atoms with E-state index in [1.165, 1.54) is 0 Å². The molecule has 7 heteroatoms. The van der Waals surface area contributed by atoms with Crippen molar-refractivity contribution in [1.29, 1.82) is 0 Å². The average molecular weight is 307 g/mol. The highest BCUT2D eigenvalue weighted by molar-refractivity contribution is 7.80. The predicted molar refractivity (Wildman–Crippen MR) is 86.4 cm³/mol. The van der Waals surface area contributed by atoms with E-state index in [0.29, 0.717) is 17.4 Å². The summed E-state index contributed by atoms with van der Waals surface area (Å²) in [5, 5.41) is 11.5. The first-order chi connectivity index (χ1) is 9.40. The van der Waals surface area contributed by atoms with E-state index in [2.05, 4.69) is 15.2 Å². The maximum absolute atomic E-state index is 5.84. The minimum Gasteiger partial charge on any atom is -0.389 e. The first kappa shape index (κ1) is 14.8. The topological polar surface area (TPSA) is 67.9 Å². The van der Waals surface area contributed by atoms with Crippen LogP contribution >= 0.6 is 23.6 Å². The molecule has 0 saturated heterocycles. The molecule has 2 rings (SSSR count). The Morgan fingerprint density at radius 2 is 2.05 bits per heavy atom. The highest BCUT2D eigenvalue weighted by Crippen LogP contribution is 2.22. The lowest BCUT2D eigenvalue weighted by Gasteiger charge is -2.21. The molecule has 2 aromatic rings. The molecule has 2 aromatic heterocycles. The monoisotopic (exact) mass is 307 g/mol. The van der Waals surface area contributed by atoms with Crippen molar-refractivity contribution in [2.24, 2.45) is 5.73 Å². The molecular formula is C13H17N5S2. The molecule has 2 heterocycles. The van der Waals surface area contributed by atoms with Crippen LogP contribution in [0, 0.1) is 20.8 Å². The van der Waals surface area contributed by atoms with Crippen LogP contribution in [0.5, 0.6) is 0 Å². The summed E-state index contributed by atoms with van der Waals surface area (Å²) in [5.74, 6) is 0.700. The van der Waals surface area contributed by atoms with Crippen molar-refractivity contribution >= 4 is 34.4 Å². The Morgan fingerprint density at radius 3 is 2.60 bits per heavy atom. The molecule has 0 aliphatic rings. The summed E-state index contributed by atoms with van der Waals surface area (Å²) in [7, 11) is 1.94. The second-order valence-corrected chi connectivity index (χ2v) is 6.19. The third-order valence-corrected chi connectivity index (χ3v) is 4.14. The number of aromatic nitrogens is 3. The molecule has 2 N–H and O–H groups in total. The van der Waals surface area contributed by atoms with Crippen LogP contribution in [0.2, 0.25) is 0 Å². The van der Waals surface area contributed by atoms with Gasteiger partial charge in [-0.05, 0) is 26.3 Å². The van der Waals surface area contributed by atoms with Crippen molar-refractivity contribution in [3.63, 3.8) is 0 Å². The molecule has 0 spiro atoms. The number of hydrogen-bond donors (Lipinski definition) is 1. The molecule has 0 aliphatic carbocycles. The van der Waals surface area contributed by atoms with Crippen molar-refractivity contribution < 1.29 is 0 Å². The number of nitrogens with two attached hydrogens (primary N) is 1. The smallest absolute Gasteiger partial charge is 0.161 e. The van der Waals surface area contributed by atoms with E-state index in [1.807, 2.05) is 38.1 Å². The Labute approximate surface area is 127 Å². The van der Waals surface area contributed by atoms with E-state index < -0.39 is 0 Å². The Hall–Kier alpha value is -1.60. The van der Waals surface area contributed by atoms with Gasteiger partial charge in [0, 0.05) is 12.4 Å². The quantitative estimate of drug-likeness (QED) is 0.873. The summed E-state index contributed by atoms with van der Waals surface area (Å²) in [5.41, 5.74) is 9.46. The molecule has 0 bridgehead atoms. The van der Waals surface area contributed by atoms with E-state index in [-0.39, 0.29) is 0 Å². The van der Waals surface area contributed by atoms with Crippen molar-refractivity contribution in [2.45, 2.75) is 27.3 Å². The minimum atomic E-state index is 0.344. The summed E-state index contributed by atoms with van der Waals surface area (Å²) < 4.78 is 0. The van der Waals surface area contributed by atoms with Crippen molar-refractivity contribution in [1.82, 2.24) is 15.2 Å². The van der Waals surface area contributed by atoms with Gasteiger partial charge in [0.2, 0.25) is 0 Å². The number of hydrogen-bond acceptors (Lipinski definition) is 6. The molecule has 0 aliphatic heterocycles. The van der Waals surface area contributed by atoms with Gasteiger partial charge in [-0.1, -0.05) is 12.2 Å². The van der Waals surface area contributed by atoms with Gasteiger partial charge >= 0.3 is 0 Å². The van der Waals surface area contributed by atoms with Gasteiger partial charge < -0.3 is 10.6 Å².